The van der Waals surface area contributed by atoms with Crippen molar-refractivity contribution in [3.8, 4) is 5.75 Å². The van der Waals surface area contributed by atoms with Gasteiger partial charge in [-0.2, -0.15) is 12.7 Å². The largest absolute Gasteiger partial charge is 0.494 e. The summed E-state index contributed by atoms with van der Waals surface area (Å²) < 4.78 is 44.8. The van der Waals surface area contributed by atoms with E-state index >= 15 is 0 Å². The molecule has 1 aromatic rings. The quantitative estimate of drug-likeness (QED) is 0.780. The minimum atomic E-state index is -3.93. The van der Waals surface area contributed by atoms with Gasteiger partial charge in [-0.1, -0.05) is 0 Å². The highest BCUT2D eigenvalue weighted by Crippen LogP contribution is 2.21. The molecule has 20 heavy (non-hydrogen) atoms. The first-order valence-corrected chi connectivity index (χ1v) is 6.99. The molecule has 0 saturated carbocycles. The van der Waals surface area contributed by atoms with Crippen molar-refractivity contribution in [2.24, 2.45) is 0 Å². The average molecular weight is 306 g/mol. The molecular weight excluding hydrogens is 291 g/mol. The topological polar surface area (TPSA) is 95.9 Å². The van der Waals surface area contributed by atoms with E-state index in [9.17, 15) is 17.6 Å². The predicted molar refractivity (Wildman–Crippen MR) is 70.4 cm³/mol. The van der Waals surface area contributed by atoms with Crippen LogP contribution in [0.3, 0.4) is 0 Å². The lowest BCUT2D eigenvalue weighted by Gasteiger charge is -2.17. The monoisotopic (exact) mass is 306 g/mol. The van der Waals surface area contributed by atoms with E-state index in [1.807, 2.05) is 0 Å². The number of ether oxygens (including phenoxy) is 1. The van der Waals surface area contributed by atoms with Crippen LogP contribution in [-0.2, 0) is 15.0 Å². The molecule has 0 aliphatic heterocycles. The Morgan fingerprint density at radius 1 is 1.50 bits per heavy atom. The van der Waals surface area contributed by atoms with Gasteiger partial charge in [0.2, 0.25) is 0 Å². The van der Waals surface area contributed by atoms with Crippen LogP contribution in [0.15, 0.2) is 18.2 Å². The normalized spacial score (nSPS) is 11.4. The molecule has 0 spiro atoms. The number of aliphatic carboxylic acids is 1. The predicted octanol–water partition coefficient (Wildman–Crippen LogP) is 0.897. The van der Waals surface area contributed by atoms with Gasteiger partial charge in [0.05, 0.1) is 19.2 Å². The van der Waals surface area contributed by atoms with Crippen LogP contribution in [-0.4, -0.2) is 44.5 Å². The number of carboxylic acids is 1. The van der Waals surface area contributed by atoms with Crippen molar-refractivity contribution >= 4 is 21.9 Å². The molecule has 0 aromatic heterocycles. The molecule has 9 heteroatoms. The lowest BCUT2D eigenvalue weighted by atomic mass is 10.3. The number of nitrogens with zero attached hydrogens (tertiary/aromatic N) is 1. The first-order chi connectivity index (χ1) is 9.26. The van der Waals surface area contributed by atoms with E-state index < -0.39 is 22.0 Å². The van der Waals surface area contributed by atoms with Crippen LogP contribution in [0.2, 0.25) is 0 Å². The lowest BCUT2D eigenvalue weighted by Crippen LogP contribution is -2.34. The Labute approximate surface area is 116 Å². The second-order valence-corrected chi connectivity index (χ2v) is 5.70. The Kier molecular flexibility index (Phi) is 5.28. The van der Waals surface area contributed by atoms with Crippen LogP contribution < -0.4 is 9.46 Å². The summed E-state index contributed by atoms with van der Waals surface area (Å²) in [6.45, 7) is -0.191. The summed E-state index contributed by atoms with van der Waals surface area (Å²) in [5.41, 5.74) is 0.0190. The molecule has 0 unspecified atom stereocenters. The molecule has 0 radical (unpaired) electrons. The Morgan fingerprint density at radius 2 is 2.15 bits per heavy atom. The number of rotatable bonds is 7. The Bertz CT molecular complexity index is 590. The summed E-state index contributed by atoms with van der Waals surface area (Å²) in [7, 11) is -1.41. The second-order valence-electron chi connectivity index (χ2n) is 3.92. The maximum Gasteiger partial charge on any atom is 0.304 e. The fourth-order valence-corrected chi connectivity index (χ4v) is 2.24. The van der Waals surface area contributed by atoms with E-state index in [1.165, 1.54) is 26.3 Å². The summed E-state index contributed by atoms with van der Waals surface area (Å²) in [4.78, 5) is 10.4. The maximum absolute atomic E-state index is 13.4. The first kappa shape index (κ1) is 16.2. The van der Waals surface area contributed by atoms with Crippen molar-refractivity contribution in [3.05, 3.63) is 24.0 Å². The van der Waals surface area contributed by atoms with Crippen LogP contribution in [0.5, 0.6) is 5.75 Å². The Balaban J connectivity index is 2.80. The second kappa shape index (κ2) is 6.53. The van der Waals surface area contributed by atoms with Crippen LogP contribution in [0.1, 0.15) is 6.42 Å². The number of methoxy groups -OCH3 is 1. The third-order valence-electron chi connectivity index (χ3n) is 2.45. The number of benzene rings is 1. The van der Waals surface area contributed by atoms with Crippen molar-refractivity contribution in [1.29, 1.82) is 0 Å². The van der Waals surface area contributed by atoms with Crippen LogP contribution in [0.25, 0.3) is 0 Å². The van der Waals surface area contributed by atoms with Crippen molar-refractivity contribution in [2.75, 3.05) is 25.4 Å². The molecule has 1 aromatic carbocycles. The van der Waals surface area contributed by atoms with E-state index in [4.69, 9.17) is 9.84 Å². The van der Waals surface area contributed by atoms with E-state index in [0.29, 0.717) is 0 Å². The number of hydrogen-bond acceptors (Lipinski definition) is 4. The van der Waals surface area contributed by atoms with Crippen molar-refractivity contribution in [1.82, 2.24) is 4.31 Å². The number of carboxylic acid groups (broad SMARTS) is 1. The van der Waals surface area contributed by atoms with Gasteiger partial charge in [-0.15, -0.1) is 0 Å². The minimum Gasteiger partial charge on any atom is -0.494 e. The van der Waals surface area contributed by atoms with E-state index in [1.54, 1.807) is 0 Å². The van der Waals surface area contributed by atoms with E-state index in [2.05, 4.69) is 4.72 Å². The summed E-state index contributed by atoms with van der Waals surface area (Å²) in [5.74, 6) is -1.82. The van der Waals surface area contributed by atoms with Crippen LogP contribution >= 0.6 is 0 Å². The molecule has 7 nitrogen and oxygen atoms in total. The lowest BCUT2D eigenvalue weighted by molar-refractivity contribution is -0.137. The fourth-order valence-electron chi connectivity index (χ4n) is 1.33. The average Bonchev–Trinajstić information content (AvgIpc) is 2.35. The first-order valence-electron chi connectivity index (χ1n) is 5.55. The van der Waals surface area contributed by atoms with Gasteiger partial charge in [0.1, 0.15) is 0 Å². The molecule has 0 amide bonds. The van der Waals surface area contributed by atoms with Gasteiger partial charge >= 0.3 is 16.2 Å². The number of carbonyl (C=O) groups is 1. The van der Waals surface area contributed by atoms with Gasteiger partial charge in [0, 0.05) is 19.7 Å². The van der Waals surface area contributed by atoms with E-state index in [-0.39, 0.29) is 24.4 Å². The highest BCUT2D eigenvalue weighted by atomic mass is 32.2. The van der Waals surface area contributed by atoms with Gasteiger partial charge in [-0.05, 0) is 12.1 Å². The molecule has 112 valence electrons. The molecule has 0 bridgehead atoms. The Hall–Kier alpha value is -1.87. The standard InChI is InChI=1S/C11H15FN2O5S/c1-14(6-5-11(15)16)20(17,18)13-8-3-4-10(19-2)9(12)7-8/h3-4,7,13H,5-6H2,1-2H3,(H,15,16). The van der Waals surface area contributed by atoms with Gasteiger partial charge in [-0.3, -0.25) is 9.52 Å². The molecule has 0 fully saturated rings. The summed E-state index contributed by atoms with van der Waals surface area (Å²) in [5, 5.41) is 8.51. The molecule has 0 atom stereocenters. The minimum absolute atomic E-state index is 0.00724. The van der Waals surface area contributed by atoms with Crippen LogP contribution in [0.4, 0.5) is 10.1 Å². The van der Waals surface area contributed by atoms with Gasteiger partial charge in [0.25, 0.3) is 0 Å². The zero-order valence-corrected chi connectivity index (χ0v) is 11.8. The third-order valence-corrected chi connectivity index (χ3v) is 3.95. The molecule has 2 N–H and O–H groups in total. The smallest absolute Gasteiger partial charge is 0.304 e. The SMILES string of the molecule is COc1ccc(NS(=O)(=O)N(C)CCC(=O)O)cc1F. The third kappa shape index (κ3) is 4.35. The van der Waals surface area contributed by atoms with Crippen LogP contribution in [0, 0.1) is 5.82 Å². The molecule has 0 aliphatic rings. The number of anilines is 1. The van der Waals surface area contributed by atoms with Gasteiger partial charge in [-0.25, -0.2) is 4.39 Å². The number of hydrogen-bond donors (Lipinski definition) is 2. The van der Waals surface area contributed by atoms with Gasteiger partial charge in [0.15, 0.2) is 11.6 Å². The highest BCUT2D eigenvalue weighted by Gasteiger charge is 2.19. The van der Waals surface area contributed by atoms with Crippen molar-refractivity contribution in [3.63, 3.8) is 0 Å². The maximum atomic E-state index is 13.4. The molecule has 0 saturated heterocycles. The zero-order valence-electron chi connectivity index (χ0n) is 11.0. The van der Waals surface area contributed by atoms with Gasteiger partial charge < -0.3 is 9.84 Å². The molecular formula is C11H15FN2O5S. The molecule has 0 aliphatic carbocycles. The van der Waals surface area contributed by atoms with Crippen molar-refractivity contribution < 1.29 is 27.4 Å². The summed E-state index contributed by atoms with van der Waals surface area (Å²) in [6, 6.07) is 3.59. The van der Waals surface area contributed by atoms with Crippen molar-refractivity contribution in [2.45, 2.75) is 6.42 Å². The Morgan fingerprint density at radius 3 is 2.65 bits per heavy atom. The number of nitrogens with one attached hydrogen (secondary N) is 1. The fraction of sp³-hybridized carbons (Fsp3) is 0.364. The summed E-state index contributed by atoms with van der Waals surface area (Å²) >= 11 is 0. The molecule has 0 heterocycles. The number of halogens is 1. The molecule has 1 rings (SSSR count). The summed E-state index contributed by atoms with van der Waals surface area (Å²) in [6.07, 6.45) is -0.325. The highest BCUT2D eigenvalue weighted by molar-refractivity contribution is 7.90. The zero-order chi connectivity index (χ0) is 15.3. The van der Waals surface area contributed by atoms with E-state index in [0.717, 1.165) is 10.4 Å².